The van der Waals surface area contributed by atoms with Crippen molar-refractivity contribution in [2.75, 3.05) is 25.5 Å². The first-order valence-corrected chi connectivity index (χ1v) is 8.31. The predicted molar refractivity (Wildman–Crippen MR) is 90.6 cm³/mol. The van der Waals surface area contributed by atoms with Gasteiger partial charge in [-0.1, -0.05) is 0 Å². The molecule has 0 radical (unpaired) electrons. The van der Waals surface area contributed by atoms with E-state index in [-0.39, 0.29) is 5.91 Å². The molecule has 1 aliphatic rings. The Bertz CT molecular complexity index is 661. The lowest BCUT2D eigenvalue weighted by atomic mass is 9.95. The van der Waals surface area contributed by atoms with Crippen LogP contribution in [0.4, 0.5) is 5.82 Å². The van der Waals surface area contributed by atoms with Crippen LogP contribution in [0.25, 0.3) is 0 Å². The van der Waals surface area contributed by atoms with Crippen molar-refractivity contribution in [3.05, 3.63) is 42.1 Å². The highest BCUT2D eigenvalue weighted by molar-refractivity contribution is 5.93. The third-order valence-electron chi connectivity index (χ3n) is 4.43. The van der Waals surface area contributed by atoms with Crippen LogP contribution in [-0.4, -0.2) is 51.1 Å². The van der Waals surface area contributed by atoms with E-state index < -0.39 is 0 Å². The summed E-state index contributed by atoms with van der Waals surface area (Å²) in [6, 6.07) is 1.72. The van der Waals surface area contributed by atoms with Gasteiger partial charge in [-0.3, -0.25) is 9.78 Å². The number of likely N-dealkylation sites (tertiary alicyclic amines) is 1. The van der Waals surface area contributed by atoms with E-state index in [4.69, 9.17) is 0 Å². The number of aromatic nitrogens is 4. The Morgan fingerprint density at radius 1 is 1.21 bits per heavy atom. The number of carbonyl (C=O) groups is 1. The van der Waals surface area contributed by atoms with Crippen molar-refractivity contribution in [2.45, 2.75) is 25.7 Å². The van der Waals surface area contributed by atoms with Gasteiger partial charge in [0.1, 0.15) is 5.82 Å². The minimum atomic E-state index is 0.0451. The van der Waals surface area contributed by atoms with Gasteiger partial charge >= 0.3 is 0 Å². The molecule has 2 aromatic rings. The third-order valence-corrected chi connectivity index (χ3v) is 4.43. The van der Waals surface area contributed by atoms with Crippen LogP contribution in [0.5, 0.6) is 0 Å². The molecule has 1 saturated heterocycles. The van der Waals surface area contributed by atoms with Gasteiger partial charge in [0.15, 0.2) is 0 Å². The average molecular weight is 326 g/mol. The summed E-state index contributed by atoms with van der Waals surface area (Å²) in [6.07, 6.45) is 10.7. The smallest absolute Gasteiger partial charge is 0.255 e. The van der Waals surface area contributed by atoms with Crippen molar-refractivity contribution in [3.8, 4) is 0 Å². The Morgan fingerprint density at radius 2 is 2.12 bits per heavy atom. The van der Waals surface area contributed by atoms with E-state index in [1.807, 2.05) is 18.1 Å². The van der Waals surface area contributed by atoms with Gasteiger partial charge in [-0.15, -0.1) is 0 Å². The van der Waals surface area contributed by atoms with Crippen molar-refractivity contribution >= 4 is 11.7 Å². The zero-order valence-electron chi connectivity index (χ0n) is 13.9. The van der Waals surface area contributed by atoms with Crippen molar-refractivity contribution in [2.24, 2.45) is 5.92 Å². The molecule has 0 aliphatic carbocycles. The molecule has 1 N–H and O–H groups in total. The largest absolute Gasteiger partial charge is 0.372 e. The molecule has 3 heterocycles. The number of anilines is 1. The number of rotatable bonds is 4. The highest BCUT2D eigenvalue weighted by Gasteiger charge is 2.22. The zero-order chi connectivity index (χ0) is 16.8. The normalized spacial score (nSPS) is 18.0. The lowest BCUT2D eigenvalue weighted by Gasteiger charge is -2.20. The summed E-state index contributed by atoms with van der Waals surface area (Å²) in [7, 11) is 1.83. The second-order valence-corrected chi connectivity index (χ2v) is 6.07. The minimum absolute atomic E-state index is 0.0451. The molecule has 1 atom stereocenters. The molecule has 0 unspecified atom stereocenters. The SMILES string of the molecule is CNc1cnc(C[C@@H]2CCCN(C(=O)c3ccnnc3)CC2)cn1. The third kappa shape index (κ3) is 4.04. The summed E-state index contributed by atoms with van der Waals surface area (Å²) in [5.41, 5.74) is 1.62. The van der Waals surface area contributed by atoms with Crippen molar-refractivity contribution in [1.82, 2.24) is 25.1 Å². The van der Waals surface area contributed by atoms with Crippen molar-refractivity contribution in [3.63, 3.8) is 0 Å². The Hall–Kier alpha value is -2.57. The molecule has 24 heavy (non-hydrogen) atoms. The molecular weight excluding hydrogens is 304 g/mol. The Labute approximate surface area is 141 Å². The summed E-state index contributed by atoms with van der Waals surface area (Å²) in [5, 5.41) is 10.5. The Morgan fingerprint density at radius 3 is 2.83 bits per heavy atom. The summed E-state index contributed by atoms with van der Waals surface area (Å²) in [5.74, 6) is 1.36. The first-order valence-electron chi connectivity index (χ1n) is 8.31. The fourth-order valence-electron chi connectivity index (χ4n) is 3.06. The predicted octanol–water partition coefficient (Wildman–Crippen LogP) is 1.79. The molecule has 1 amide bonds. The molecule has 0 saturated carbocycles. The van der Waals surface area contributed by atoms with Crippen molar-refractivity contribution < 1.29 is 4.79 Å². The second kappa shape index (κ2) is 7.81. The highest BCUT2D eigenvalue weighted by Crippen LogP contribution is 2.22. The van der Waals surface area contributed by atoms with Crippen molar-refractivity contribution in [1.29, 1.82) is 0 Å². The maximum atomic E-state index is 12.5. The molecule has 3 rings (SSSR count). The van der Waals surface area contributed by atoms with Gasteiger partial charge < -0.3 is 10.2 Å². The Balaban J connectivity index is 1.57. The lowest BCUT2D eigenvalue weighted by molar-refractivity contribution is 0.0759. The second-order valence-electron chi connectivity index (χ2n) is 6.07. The van der Waals surface area contributed by atoms with Gasteiger partial charge in [0.25, 0.3) is 5.91 Å². The first-order chi connectivity index (χ1) is 11.8. The molecule has 0 aromatic carbocycles. The van der Waals surface area contributed by atoms with Crippen LogP contribution in [0.15, 0.2) is 30.9 Å². The molecule has 126 valence electrons. The van der Waals surface area contributed by atoms with Gasteiger partial charge in [-0.05, 0) is 37.7 Å². The molecule has 0 bridgehead atoms. The van der Waals surface area contributed by atoms with E-state index in [2.05, 4.69) is 25.5 Å². The number of hydrogen-bond donors (Lipinski definition) is 1. The number of amides is 1. The molecular formula is C17H22N6O. The van der Waals surface area contributed by atoms with Crippen LogP contribution >= 0.6 is 0 Å². The summed E-state index contributed by atoms with van der Waals surface area (Å²) < 4.78 is 0. The number of nitrogens with zero attached hydrogens (tertiary/aromatic N) is 5. The summed E-state index contributed by atoms with van der Waals surface area (Å²) in [6.45, 7) is 1.57. The summed E-state index contributed by atoms with van der Waals surface area (Å²) >= 11 is 0. The molecule has 7 heteroatoms. The number of nitrogens with one attached hydrogen (secondary N) is 1. The van der Waals surface area contributed by atoms with E-state index in [9.17, 15) is 4.79 Å². The van der Waals surface area contributed by atoms with Gasteiger partial charge in [-0.25, -0.2) is 4.98 Å². The van der Waals surface area contributed by atoms with E-state index in [0.29, 0.717) is 11.5 Å². The highest BCUT2D eigenvalue weighted by atomic mass is 16.2. The molecule has 1 fully saturated rings. The zero-order valence-corrected chi connectivity index (χ0v) is 13.9. The monoisotopic (exact) mass is 326 g/mol. The topological polar surface area (TPSA) is 83.9 Å². The molecule has 0 spiro atoms. The van der Waals surface area contributed by atoms with E-state index in [1.54, 1.807) is 18.5 Å². The van der Waals surface area contributed by atoms with E-state index in [0.717, 1.165) is 50.3 Å². The number of hydrogen-bond acceptors (Lipinski definition) is 6. The molecule has 2 aromatic heterocycles. The quantitative estimate of drug-likeness (QED) is 0.922. The standard InChI is InChI=1S/C17H22N6O/c1-18-16-12-19-15(11-20-16)9-13-3-2-7-23(8-5-13)17(24)14-4-6-21-22-10-14/h4,6,10-13H,2-3,5,7-9H2,1H3,(H,18,20)/t13-/m1/s1. The first kappa shape index (κ1) is 16.3. The van der Waals surface area contributed by atoms with Crippen LogP contribution in [-0.2, 0) is 6.42 Å². The fourth-order valence-corrected chi connectivity index (χ4v) is 3.06. The van der Waals surface area contributed by atoms with Gasteiger partial charge in [0.05, 0.1) is 36.0 Å². The van der Waals surface area contributed by atoms with E-state index >= 15 is 0 Å². The van der Waals surface area contributed by atoms with Crippen LogP contribution in [0.1, 0.15) is 35.3 Å². The van der Waals surface area contributed by atoms with Crippen LogP contribution < -0.4 is 5.32 Å². The van der Waals surface area contributed by atoms with Gasteiger partial charge in [0, 0.05) is 20.1 Å². The molecule has 1 aliphatic heterocycles. The van der Waals surface area contributed by atoms with Crippen LogP contribution in [0.3, 0.4) is 0 Å². The fraction of sp³-hybridized carbons (Fsp3) is 0.471. The summed E-state index contributed by atoms with van der Waals surface area (Å²) in [4.78, 5) is 23.2. The van der Waals surface area contributed by atoms with E-state index in [1.165, 1.54) is 6.20 Å². The molecule has 7 nitrogen and oxygen atoms in total. The maximum Gasteiger partial charge on any atom is 0.255 e. The van der Waals surface area contributed by atoms with Crippen LogP contribution in [0.2, 0.25) is 0 Å². The van der Waals surface area contributed by atoms with Gasteiger partial charge in [-0.2, -0.15) is 10.2 Å². The maximum absolute atomic E-state index is 12.5. The average Bonchev–Trinajstić information content (AvgIpc) is 2.88. The lowest BCUT2D eigenvalue weighted by Crippen LogP contribution is -2.32. The van der Waals surface area contributed by atoms with Crippen LogP contribution in [0, 0.1) is 5.92 Å². The number of carbonyl (C=O) groups excluding carboxylic acids is 1. The Kier molecular flexibility index (Phi) is 5.30. The van der Waals surface area contributed by atoms with Gasteiger partial charge in [0.2, 0.25) is 0 Å². The minimum Gasteiger partial charge on any atom is -0.372 e.